The van der Waals surface area contributed by atoms with E-state index in [1.165, 1.54) is 16.4 Å². The van der Waals surface area contributed by atoms with Gasteiger partial charge in [-0.25, -0.2) is 12.8 Å². The van der Waals surface area contributed by atoms with Crippen LogP contribution in [0, 0.1) is 5.82 Å². The van der Waals surface area contributed by atoms with Crippen LogP contribution in [0.2, 0.25) is 0 Å². The van der Waals surface area contributed by atoms with Crippen LogP contribution in [0.15, 0.2) is 48.5 Å². The third-order valence-corrected chi connectivity index (χ3v) is 6.03. The first kappa shape index (κ1) is 18.2. The molecule has 1 heterocycles. The van der Waals surface area contributed by atoms with Crippen molar-refractivity contribution < 1.29 is 17.6 Å². The van der Waals surface area contributed by atoms with Gasteiger partial charge in [0.05, 0.1) is 17.1 Å². The molecule has 1 atom stereocenters. The molecule has 138 valence electrons. The third-order valence-electron chi connectivity index (χ3n) is 4.16. The Morgan fingerprint density at radius 1 is 1.15 bits per heavy atom. The predicted molar refractivity (Wildman–Crippen MR) is 100 cm³/mol. The highest BCUT2D eigenvalue weighted by atomic mass is 32.2. The Morgan fingerprint density at radius 2 is 1.85 bits per heavy atom. The molecule has 0 aromatic heterocycles. The van der Waals surface area contributed by atoms with E-state index in [-0.39, 0.29) is 17.3 Å². The summed E-state index contributed by atoms with van der Waals surface area (Å²) in [7, 11) is -3.21. The maximum Gasteiger partial charge on any atom is 0.246 e. The van der Waals surface area contributed by atoms with Gasteiger partial charge in [0, 0.05) is 12.2 Å². The van der Waals surface area contributed by atoms with E-state index in [1.807, 2.05) is 0 Å². The van der Waals surface area contributed by atoms with Gasteiger partial charge < -0.3 is 10.6 Å². The largest absolute Gasteiger partial charge is 0.374 e. The van der Waals surface area contributed by atoms with Crippen molar-refractivity contribution >= 4 is 33.0 Å². The lowest BCUT2D eigenvalue weighted by molar-refractivity contribution is -0.116. The first-order valence-electron chi connectivity index (χ1n) is 8.29. The smallest absolute Gasteiger partial charge is 0.246 e. The van der Waals surface area contributed by atoms with Crippen molar-refractivity contribution in [3.8, 4) is 0 Å². The maximum absolute atomic E-state index is 13.6. The molecule has 1 amide bonds. The number of hydrogen-bond acceptors (Lipinski definition) is 4. The average molecular weight is 377 g/mol. The molecular weight excluding hydrogens is 357 g/mol. The van der Waals surface area contributed by atoms with Crippen LogP contribution in [0.25, 0.3) is 0 Å². The highest BCUT2D eigenvalue weighted by molar-refractivity contribution is 7.93. The van der Waals surface area contributed by atoms with Crippen LogP contribution in [-0.2, 0) is 14.8 Å². The van der Waals surface area contributed by atoms with E-state index in [1.54, 1.807) is 43.3 Å². The Hall–Kier alpha value is -2.61. The monoisotopic (exact) mass is 377 g/mol. The van der Waals surface area contributed by atoms with E-state index in [0.29, 0.717) is 24.3 Å². The number of carbonyl (C=O) groups is 1. The fraction of sp³-hybridized carbons (Fsp3) is 0.278. The molecule has 26 heavy (non-hydrogen) atoms. The van der Waals surface area contributed by atoms with Crippen LogP contribution in [-0.4, -0.2) is 32.7 Å². The molecule has 8 heteroatoms. The number of nitrogens with one attached hydrogen (secondary N) is 2. The van der Waals surface area contributed by atoms with Gasteiger partial charge in [-0.2, -0.15) is 0 Å². The first-order valence-corrected chi connectivity index (χ1v) is 9.90. The number of sulfonamides is 1. The molecule has 0 saturated carbocycles. The lowest BCUT2D eigenvalue weighted by Gasteiger charge is -2.19. The van der Waals surface area contributed by atoms with Gasteiger partial charge in [-0.15, -0.1) is 0 Å². The zero-order valence-corrected chi connectivity index (χ0v) is 15.1. The fourth-order valence-electron chi connectivity index (χ4n) is 2.77. The number of amides is 1. The Kier molecular flexibility index (Phi) is 5.13. The topological polar surface area (TPSA) is 78.5 Å². The molecule has 2 N–H and O–H groups in total. The lowest BCUT2D eigenvalue weighted by atomic mass is 10.2. The molecule has 0 unspecified atom stereocenters. The second-order valence-corrected chi connectivity index (χ2v) is 8.14. The Labute approximate surface area is 152 Å². The zero-order chi connectivity index (χ0) is 18.7. The van der Waals surface area contributed by atoms with Gasteiger partial charge in [0.2, 0.25) is 15.9 Å². The normalized spacial score (nSPS) is 16.9. The van der Waals surface area contributed by atoms with Crippen molar-refractivity contribution in [3.05, 3.63) is 54.3 Å². The first-order chi connectivity index (χ1) is 12.4. The zero-order valence-electron chi connectivity index (χ0n) is 14.3. The van der Waals surface area contributed by atoms with Crippen molar-refractivity contribution in [2.45, 2.75) is 19.4 Å². The van der Waals surface area contributed by atoms with Crippen LogP contribution in [0.3, 0.4) is 0 Å². The minimum Gasteiger partial charge on any atom is -0.374 e. The Bertz CT molecular complexity index is 900. The second kappa shape index (κ2) is 7.33. The average Bonchev–Trinajstić information content (AvgIpc) is 2.97. The minimum atomic E-state index is -3.21. The van der Waals surface area contributed by atoms with Gasteiger partial charge in [0.25, 0.3) is 0 Å². The predicted octanol–water partition coefficient (Wildman–Crippen LogP) is 2.80. The van der Waals surface area contributed by atoms with E-state index in [0.717, 1.165) is 0 Å². The van der Waals surface area contributed by atoms with Crippen LogP contribution < -0.4 is 14.9 Å². The number of rotatable bonds is 5. The van der Waals surface area contributed by atoms with Crippen molar-refractivity contribution in [1.29, 1.82) is 0 Å². The van der Waals surface area contributed by atoms with Crippen LogP contribution in [0.1, 0.15) is 13.3 Å². The molecule has 2 aromatic rings. The summed E-state index contributed by atoms with van der Waals surface area (Å²) in [5, 5.41) is 5.55. The van der Waals surface area contributed by atoms with Gasteiger partial charge in [-0.05, 0) is 49.7 Å². The highest BCUT2D eigenvalue weighted by Crippen LogP contribution is 2.25. The summed E-state index contributed by atoms with van der Waals surface area (Å²) in [6.07, 6.45) is 0.621. The summed E-state index contributed by atoms with van der Waals surface area (Å²) in [4.78, 5) is 12.2. The van der Waals surface area contributed by atoms with Crippen molar-refractivity contribution in [2.24, 2.45) is 0 Å². The molecule has 3 rings (SSSR count). The van der Waals surface area contributed by atoms with E-state index < -0.39 is 21.9 Å². The van der Waals surface area contributed by atoms with Gasteiger partial charge in [0.1, 0.15) is 11.9 Å². The third kappa shape index (κ3) is 3.96. The molecular formula is C18H20FN3O3S. The number of carbonyl (C=O) groups excluding carboxylic acids is 1. The summed E-state index contributed by atoms with van der Waals surface area (Å²) in [6, 6.07) is 12.2. The number of hydrogen-bond donors (Lipinski definition) is 2. The Balaban J connectivity index is 1.63. The molecule has 6 nitrogen and oxygen atoms in total. The number of para-hydroxylation sites is 1. The summed E-state index contributed by atoms with van der Waals surface area (Å²) < 4.78 is 38.9. The number of anilines is 3. The molecule has 1 aliphatic rings. The summed E-state index contributed by atoms with van der Waals surface area (Å²) in [6.45, 7) is 2.14. The molecule has 2 aromatic carbocycles. The molecule has 1 fully saturated rings. The molecule has 0 spiro atoms. The summed E-state index contributed by atoms with van der Waals surface area (Å²) in [5.74, 6) is -0.703. The van der Waals surface area contributed by atoms with Crippen LogP contribution in [0.4, 0.5) is 21.5 Å². The van der Waals surface area contributed by atoms with Crippen LogP contribution >= 0.6 is 0 Å². The van der Waals surface area contributed by atoms with Gasteiger partial charge in [-0.3, -0.25) is 9.10 Å². The molecule has 1 saturated heterocycles. The van der Waals surface area contributed by atoms with E-state index >= 15 is 0 Å². The highest BCUT2D eigenvalue weighted by Gasteiger charge is 2.28. The van der Waals surface area contributed by atoms with Crippen molar-refractivity contribution in [2.75, 3.05) is 27.2 Å². The van der Waals surface area contributed by atoms with Crippen molar-refractivity contribution in [3.63, 3.8) is 0 Å². The van der Waals surface area contributed by atoms with E-state index in [4.69, 9.17) is 0 Å². The van der Waals surface area contributed by atoms with Crippen molar-refractivity contribution in [1.82, 2.24) is 0 Å². The van der Waals surface area contributed by atoms with Gasteiger partial charge in [0.15, 0.2) is 0 Å². The Morgan fingerprint density at radius 3 is 2.46 bits per heavy atom. The van der Waals surface area contributed by atoms with Gasteiger partial charge >= 0.3 is 0 Å². The second-order valence-electron chi connectivity index (χ2n) is 6.12. The fourth-order valence-corrected chi connectivity index (χ4v) is 4.34. The standard InChI is InChI=1S/C18H20FN3O3S/c1-13(18(23)21-17-6-3-2-5-16(17)19)20-14-7-9-15(10-8-14)22-11-4-12-26(22,24)25/h2-3,5-10,13,20H,4,11-12H2,1H3,(H,21,23)/t13-/m0/s1. The molecule has 0 bridgehead atoms. The maximum atomic E-state index is 13.6. The lowest BCUT2D eigenvalue weighted by Crippen LogP contribution is -2.32. The quantitative estimate of drug-likeness (QED) is 0.840. The minimum absolute atomic E-state index is 0.126. The summed E-state index contributed by atoms with van der Waals surface area (Å²) in [5.41, 5.74) is 1.40. The summed E-state index contributed by atoms with van der Waals surface area (Å²) >= 11 is 0. The van der Waals surface area contributed by atoms with Gasteiger partial charge in [-0.1, -0.05) is 12.1 Å². The van der Waals surface area contributed by atoms with Crippen LogP contribution in [0.5, 0.6) is 0 Å². The number of benzene rings is 2. The van der Waals surface area contributed by atoms with E-state index in [2.05, 4.69) is 10.6 Å². The molecule has 1 aliphatic heterocycles. The number of halogens is 1. The molecule has 0 radical (unpaired) electrons. The SMILES string of the molecule is C[C@H](Nc1ccc(N2CCCS2(=O)=O)cc1)C(=O)Nc1ccccc1F. The number of nitrogens with zero attached hydrogens (tertiary/aromatic N) is 1. The van der Waals surface area contributed by atoms with E-state index in [9.17, 15) is 17.6 Å². The molecule has 0 aliphatic carbocycles.